The minimum Gasteiger partial charge on any atom is -0.502 e. The highest BCUT2D eigenvalue weighted by molar-refractivity contribution is 5.72. The summed E-state index contributed by atoms with van der Waals surface area (Å²) in [6, 6.07) is 0. The Morgan fingerprint density at radius 1 is 1.64 bits per heavy atom. The van der Waals surface area contributed by atoms with Gasteiger partial charge in [0.25, 0.3) is 0 Å². The molecule has 0 fully saturated rings. The van der Waals surface area contributed by atoms with E-state index in [1.54, 1.807) is 6.92 Å². The Bertz CT molecular complexity index is 210. The number of hydrogen-bond donors (Lipinski definition) is 1. The van der Waals surface area contributed by atoms with E-state index in [0.717, 1.165) is 0 Å². The molecule has 1 N–H and O–H groups in total. The van der Waals surface area contributed by atoms with E-state index in [1.165, 1.54) is 6.26 Å². The second kappa shape index (κ2) is 7.00. The van der Waals surface area contributed by atoms with Gasteiger partial charge in [-0.1, -0.05) is 13.2 Å². The summed E-state index contributed by atoms with van der Waals surface area (Å²) in [4.78, 5) is 10.8. The van der Waals surface area contributed by atoms with Crippen molar-refractivity contribution < 1.29 is 19.4 Å². The topological polar surface area (TPSA) is 55.8 Å². The van der Waals surface area contributed by atoms with E-state index in [2.05, 4.69) is 13.2 Å². The van der Waals surface area contributed by atoms with Crippen LogP contribution < -0.4 is 0 Å². The highest BCUT2D eigenvalue weighted by Crippen LogP contribution is 2.15. The molecule has 0 radical (unpaired) electrons. The molecule has 0 aliphatic carbocycles. The van der Waals surface area contributed by atoms with Crippen LogP contribution in [0.3, 0.4) is 0 Å². The molecule has 14 heavy (non-hydrogen) atoms. The van der Waals surface area contributed by atoms with E-state index in [-0.39, 0.29) is 5.76 Å². The number of carboxylic acids is 1. The summed E-state index contributed by atoms with van der Waals surface area (Å²) in [6.07, 6.45) is 1.61. The molecule has 4 heteroatoms. The quantitative estimate of drug-likeness (QED) is 0.479. The Kier molecular flexibility index (Phi) is 6.28. The lowest BCUT2D eigenvalue weighted by molar-refractivity contribution is -0.142. The van der Waals surface area contributed by atoms with Gasteiger partial charge in [-0.15, -0.1) is 0 Å². The number of carbonyl (C=O) groups is 1. The summed E-state index contributed by atoms with van der Waals surface area (Å²) in [6.45, 7) is 9.42. The first-order chi connectivity index (χ1) is 6.63. The van der Waals surface area contributed by atoms with Gasteiger partial charge in [-0.2, -0.15) is 0 Å². The van der Waals surface area contributed by atoms with E-state index < -0.39 is 11.9 Å². The normalized spacial score (nSPS) is 11.5. The molecule has 0 aliphatic heterocycles. The maximum atomic E-state index is 10.8. The van der Waals surface area contributed by atoms with E-state index in [1.807, 2.05) is 0 Å². The summed E-state index contributed by atoms with van der Waals surface area (Å²) in [5.41, 5.74) is 0. The van der Waals surface area contributed by atoms with E-state index in [0.29, 0.717) is 19.6 Å². The maximum absolute atomic E-state index is 10.8. The van der Waals surface area contributed by atoms with Crippen LogP contribution in [0.2, 0.25) is 0 Å². The molecule has 0 spiro atoms. The van der Waals surface area contributed by atoms with Crippen molar-refractivity contribution >= 4 is 5.97 Å². The fourth-order valence-corrected chi connectivity index (χ4v) is 0.977. The molecule has 0 aliphatic rings. The van der Waals surface area contributed by atoms with Crippen molar-refractivity contribution in [2.45, 2.75) is 13.3 Å². The number of hydrogen-bond acceptors (Lipinski definition) is 3. The molecular formula is C10H16O4. The molecule has 1 atom stereocenters. The summed E-state index contributed by atoms with van der Waals surface area (Å²) >= 11 is 0. The van der Waals surface area contributed by atoms with Crippen molar-refractivity contribution in [1.29, 1.82) is 0 Å². The average Bonchev–Trinajstić information content (AvgIpc) is 2.12. The standard InChI is InChI=1S/C10H16O4/c1-4-13-7-6-9(10(11)12)8(3)14-5-2/h4,9H,1,3,5-7H2,2H3,(H,11,12). The number of carboxylic acid groups (broad SMARTS) is 1. The van der Waals surface area contributed by atoms with Crippen molar-refractivity contribution in [2.24, 2.45) is 5.92 Å². The van der Waals surface area contributed by atoms with E-state index >= 15 is 0 Å². The molecule has 80 valence electrons. The van der Waals surface area contributed by atoms with Gasteiger partial charge in [0.2, 0.25) is 0 Å². The fourth-order valence-electron chi connectivity index (χ4n) is 0.977. The molecule has 0 heterocycles. The third-order valence-corrected chi connectivity index (χ3v) is 1.66. The first kappa shape index (κ1) is 12.6. The first-order valence-electron chi connectivity index (χ1n) is 4.40. The largest absolute Gasteiger partial charge is 0.502 e. The van der Waals surface area contributed by atoms with Crippen molar-refractivity contribution in [3.8, 4) is 0 Å². The molecular weight excluding hydrogens is 184 g/mol. The predicted octanol–water partition coefficient (Wildman–Crippen LogP) is 1.79. The molecule has 0 amide bonds. The summed E-state index contributed by atoms with van der Waals surface area (Å²) in [5.74, 6) is -1.39. The van der Waals surface area contributed by atoms with Crippen LogP contribution in [0.5, 0.6) is 0 Å². The highest BCUT2D eigenvalue weighted by Gasteiger charge is 2.21. The van der Waals surface area contributed by atoms with Crippen LogP contribution in [0.25, 0.3) is 0 Å². The van der Waals surface area contributed by atoms with Crippen molar-refractivity contribution in [2.75, 3.05) is 13.2 Å². The SMILES string of the molecule is C=COCCC(C(=C)OCC)C(=O)O. The lowest BCUT2D eigenvalue weighted by Crippen LogP contribution is -2.19. The van der Waals surface area contributed by atoms with Gasteiger partial charge >= 0.3 is 5.97 Å². The second-order valence-corrected chi connectivity index (χ2v) is 2.62. The Balaban J connectivity index is 4.07. The third kappa shape index (κ3) is 4.54. The molecule has 0 aromatic carbocycles. The first-order valence-corrected chi connectivity index (χ1v) is 4.40. The number of aliphatic carboxylic acids is 1. The van der Waals surface area contributed by atoms with Gasteiger partial charge in [-0.25, -0.2) is 0 Å². The summed E-state index contributed by atoms with van der Waals surface area (Å²) in [5, 5.41) is 8.85. The lowest BCUT2D eigenvalue weighted by Gasteiger charge is -2.14. The maximum Gasteiger partial charge on any atom is 0.314 e. The average molecular weight is 200 g/mol. The predicted molar refractivity (Wildman–Crippen MR) is 52.7 cm³/mol. The van der Waals surface area contributed by atoms with Crippen molar-refractivity contribution in [1.82, 2.24) is 0 Å². The van der Waals surface area contributed by atoms with Crippen molar-refractivity contribution in [3.05, 3.63) is 25.2 Å². The molecule has 0 saturated carbocycles. The molecule has 0 aromatic heterocycles. The Morgan fingerprint density at radius 2 is 2.29 bits per heavy atom. The van der Waals surface area contributed by atoms with Gasteiger partial charge in [0.15, 0.2) is 0 Å². The van der Waals surface area contributed by atoms with Gasteiger partial charge in [0.1, 0.15) is 11.7 Å². The number of rotatable bonds is 8. The van der Waals surface area contributed by atoms with Crippen LogP contribution in [0.4, 0.5) is 0 Å². The van der Waals surface area contributed by atoms with Crippen LogP contribution in [0.15, 0.2) is 25.2 Å². The zero-order valence-corrected chi connectivity index (χ0v) is 8.36. The van der Waals surface area contributed by atoms with Crippen LogP contribution in [-0.2, 0) is 14.3 Å². The van der Waals surface area contributed by atoms with Gasteiger partial charge in [0.05, 0.1) is 19.5 Å². The van der Waals surface area contributed by atoms with Crippen LogP contribution in [0.1, 0.15) is 13.3 Å². The molecule has 0 saturated heterocycles. The fraction of sp³-hybridized carbons (Fsp3) is 0.500. The zero-order valence-electron chi connectivity index (χ0n) is 8.36. The molecule has 4 nitrogen and oxygen atoms in total. The Labute approximate surface area is 83.8 Å². The Hall–Kier alpha value is -1.45. The van der Waals surface area contributed by atoms with Gasteiger partial charge in [-0.05, 0) is 6.92 Å². The van der Waals surface area contributed by atoms with E-state index in [4.69, 9.17) is 14.6 Å². The lowest BCUT2D eigenvalue weighted by atomic mass is 10.1. The van der Waals surface area contributed by atoms with Crippen LogP contribution in [0, 0.1) is 5.92 Å². The Morgan fingerprint density at radius 3 is 2.71 bits per heavy atom. The van der Waals surface area contributed by atoms with Crippen LogP contribution >= 0.6 is 0 Å². The monoisotopic (exact) mass is 200 g/mol. The minimum absolute atomic E-state index is 0.271. The second-order valence-electron chi connectivity index (χ2n) is 2.62. The number of ether oxygens (including phenoxy) is 2. The summed E-state index contributed by atoms with van der Waals surface area (Å²) in [7, 11) is 0. The van der Waals surface area contributed by atoms with E-state index in [9.17, 15) is 4.79 Å². The summed E-state index contributed by atoms with van der Waals surface area (Å²) < 4.78 is 9.89. The third-order valence-electron chi connectivity index (χ3n) is 1.66. The smallest absolute Gasteiger partial charge is 0.314 e. The minimum atomic E-state index is -0.948. The molecule has 0 rings (SSSR count). The molecule has 1 unspecified atom stereocenters. The zero-order chi connectivity index (χ0) is 11.0. The van der Waals surface area contributed by atoms with Crippen molar-refractivity contribution in [3.63, 3.8) is 0 Å². The molecule has 0 bridgehead atoms. The van der Waals surface area contributed by atoms with Gasteiger partial charge in [-0.3, -0.25) is 4.79 Å². The van der Waals surface area contributed by atoms with Gasteiger partial charge in [0, 0.05) is 6.42 Å². The molecule has 0 aromatic rings. The highest BCUT2D eigenvalue weighted by atomic mass is 16.5. The van der Waals surface area contributed by atoms with Crippen LogP contribution in [-0.4, -0.2) is 24.3 Å². The van der Waals surface area contributed by atoms with Gasteiger partial charge < -0.3 is 14.6 Å².